The molecular weight excluding hydrogens is 419 g/mol. The van der Waals surface area contributed by atoms with Crippen LogP contribution in [0.4, 0.5) is 9.18 Å². The first-order chi connectivity index (χ1) is 15.1. The summed E-state index contributed by atoms with van der Waals surface area (Å²) in [5, 5.41) is 23.2. The minimum absolute atomic E-state index is 0.263. The molecule has 2 unspecified atom stereocenters. The predicted octanol–water partition coefficient (Wildman–Crippen LogP) is 1.81. The van der Waals surface area contributed by atoms with E-state index in [1.54, 1.807) is 32.9 Å². The Morgan fingerprint density at radius 3 is 2.81 bits per heavy atom. The number of fused-ring (bicyclic) bond motifs is 1. The summed E-state index contributed by atoms with van der Waals surface area (Å²) < 4.78 is 25.3. The number of aliphatic hydroxyl groups excluding tert-OH is 2. The molecule has 176 valence electrons. The lowest BCUT2D eigenvalue weighted by molar-refractivity contribution is 0.0202. The molecule has 3 N–H and O–H groups in total. The number of pyridine rings is 2. The molecule has 2 aromatic heterocycles. The molecule has 0 bridgehead atoms. The van der Waals surface area contributed by atoms with Crippen LogP contribution >= 0.6 is 0 Å². The highest BCUT2D eigenvalue weighted by molar-refractivity contribution is 5.79. The van der Waals surface area contributed by atoms with E-state index in [0.717, 1.165) is 6.20 Å². The number of piperidine rings is 1. The van der Waals surface area contributed by atoms with Crippen molar-refractivity contribution in [1.82, 2.24) is 20.2 Å². The van der Waals surface area contributed by atoms with Gasteiger partial charge in [0.15, 0.2) is 0 Å². The van der Waals surface area contributed by atoms with Gasteiger partial charge in [-0.05, 0) is 33.3 Å². The lowest BCUT2D eigenvalue weighted by atomic mass is 9.95. The number of halogens is 1. The van der Waals surface area contributed by atoms with Gasteiger partial charge in [-0.2, -0.15) is 0 Å². The highest BCUT2D eigenvalue weighted by Gasteiger charge is 2.32. The second kappa shape index (κ2) is 9.93. The summed E-state index contributed by atoms with van der Waals surface area (Å²) in [5.74, 6) is -0.819. The number of ether oxygens (including phenoxy) is 2. The number of hydrogen-bond donors (Lipinski definition) is 3. The molecular formula is C22H31FN4O5. The minimum Gasteiger partial charge on any atom is -0.481 e. The summed E-state index contributed by atoms with van der Waals surface area (Å²) >= 11 is 0. The van der Waals surface area contributed by atoms with Crippen LogP contribution in [0.5, 0.6) is 5.88 Å². The van der Waals surface area contributed by atoms with Crippen molar-refractivity contribution < 1.29 is 28.9 Å². The average Bonchev–Trinajstić information content (AvgIpc) is 2.72. The minimum atomic E-state index is -0.726. The van der Waals surface area contributed by atoms with Gasteiger partial charge in [0, 0.05) is 37.2 Å². The summed E-state index contributed by atoms with van der Waals surface area (Å²) in [6.07, 6.45) is 0.214. The first-order valence-electron chi connectivity index (χ1n) is 10.6. The molecule has 3 heterocycles. The van der Waals surface area contributed by atoms with E-state index in [4.69, 9.17) is 9.47 Å². The van der Waals surface area contributed by atoms with E-state index in [1.165, 1.54) is 7.11 Å². The van der Waals surface area contributed by atoms with Crippen LogP contribution < -0.4 is 10.1 Å². The second-order valence-corrected chi connectivity index (χ2v) is 8.99. The molecule has 1 aliphatic rings. The molecule has 32 heavy (non-hydrogen) atoms. The van der Waals surface area contributed by atoms with Crippen molar-refractivity contribution in [3.05, 3.63) is 29.7 Å². The molecule has 10 heteroatoms. The van der Waals surface area contributed by atoms with Crippen LogP contribution in [0.15, 0.2) is 18.3 Å². The Kier molecular flexibility index (Phi) is 7.47. The van der Waals surface area contributed by atoms with Gasteiger partial charge in [-0.1, -0.05) is 0 Å². The fraction of sp³-hybridized carbons (Fsp3) is 0.591. The first kappa shape index (κ1) is 24.1. The molecule has 1 saturated heterocycles. The molecule has 1 amide bonds. The van der Waals surface area contributed by atoms with Gasteiger partial charge in [-0.15, -0.1) is 0 Å². The Hall–Kier alpha value is -2.56. The Morgan fingerprint density at radius 2 is 2.16 bits per heavy atom. The third-order valence-corrected chi connectivity index (χ3v) is 5.36. The third kappa shape index (κ3) is 5.81. The Balaban J connectivity index is 1.78. The molecule has 3 rings (SSSR count). The fourth-order valence-electron chi connectivity index (χ4n) is 3.87. The summed E-state index contributed by atoms with van der Waals surface area (Å²) in [6, 6.07) is 2.79. The van der Waals surface area contributed by atoms with Gasteiger partial charge in [0.2, 0.25) is 5.88 Å². The standard InChI is InChI=1S/C22H31FN4O5/c1-22(2,3)32-21(30)25-16-11-27(8-7-17(16)29)10-13(12-28)19-14(23)9-24-15-5-6-18(31-4)26-20(15)19/h5-6,9,13,16-17,28-29H,7-8,10-12H2,1-4H3,(H,25,30)/t13?,16?,17-/m1/s1. The van der Waals surface area contributed by atoms with Gasteiger partial charge in [0.05, 0.1) is 43.1 Å². The van der Waals surface area contributed by atoms with Gasteiger partial charge < -0.3 is 29.9 Å². The van der Waals surface area contributed by atoms with Crippen LogP contribution in [0.3, 0.4) is 0 Å². The van der Waals surface area contributed by atoms with Crippen LogP contribution in [0.2, 0.25) is 0 Å². The number of aromatic nitrogens is 2. The number of nitrogens with zero attached hydrogens (tertiary/aromatic N) is 3. The number of hydrogen-bond acceptors (Lipinski definition) is 8. The maximum atomic E-state index is 14.8. The summed E-state index contributed by atoms with van der Waals surface area (Å²) in [5.41, 5.74) is 0.446. The highest BCUT2D eigenvalue weighted by atomic mass is 19.1. The number of carbonyl (C=O) groups excluding carboxylic acids is 1. The van der Waals surface area contributed by atoms with E-state index >= 15 is 0 Å². The number of aliphatic hydroxyl groups is 2. The molecule has 3 atom stereocenters. The zero-order valence-corrected chi connectivity index (χ0v) is 18.8. The maximum Gasteiger partial charge on any atom is 0.408 e. The zero-order chi connectivity index (χ0) is 23.5. The van der Waals surface area contributed by atoms with Crippen molar-refractivity contribution in [2.45, 2.75) is 50.9 Å². The lowest BCUT2D eigenvalue weighted by Gasteiger charge is -2.38. The van der Waals surface area contributed by atoms with Crippen LogP contribution in [0.25, 0.3) is 11.0 Å². The Bertz CT molecular complexity index is 952. The summed E-state index contributed by atoms with van der Waals surface area (Å²) in [4.78, 5) is 22.6. The van der Waals surface area contributed by atoms with Gasteiger partial charge in [0.25, 0.3) is 0 Å². The van der Waals surface area contributed by atoms with Crippen LogP contribution in [0, 0.1) is 5.82 Å². The molecule has 0 saturated carbocycles. The largest absolute Gasteiger partial charge is 0.481 e. The van der Waals surface area contributed by atoms with E-state index in [9.17, 15) is 19.4 Å². The highest BCUT2D eigenvalue weighted by Crippen LogP contribution is 2.29. The normalized spacial score (nSPS) is 20.7. The predicted molar refractivity (Wildman–Crippen MR) is 116 cm³/mol. The molecule has 0 radical (unpaired) electrons. The van der Waals surface area contributed by atoms with Crippen LogP contribution in [-0.4, -0.2) is 82.3 Å². The molecule has 1 aliphatic heterocycles. The van der Waals surface area contributed by atoms with Crippen LogP contribution in [-0.2, 0) is 4.74 Å². The van der Waals surface area contributed by atoms with Crippen molar-refractivity contribution in [3.8, 4) is 5.88 Å². The molecule has 0 aromatic carbocycles. The van der Waals surface area contributed by atoms with Crippen molar-refractivity contribution in [2.24, 2.45) is 0 Å². The number of likely N-dealkylation sites (tertiary alicyclic amines) is 1. The topological polar surface area (TPSA) is 117 Å². The quantitative estimate of drug-likeness (QED) is 0.610. The molecule has 9 nitrogen and oxygen atoms in total. The maximum absolute atomic E-state index is 14.8. The van der Waals surface area contributed by atoms with E-state index in [1.807, 2.05) is 4.90 Å². The number of carbonyl (C=O) groups is 1. The second-order valence-electron chi connectivity index (χ2n) is 8.99. The van der Waals surface area contributed by atoms with Gasteiger partial charge >= 0.3 is 6.09 Å². The van der Waals surface area contributed by atoms with Crippen molar-refractivity contribution >= 4 is 17.1 Å². The molecule has 1 fully saturated rings. The average molecular weight is 451 g/mol. The van der Waals surface area contributed by atoms with Gasteiger partial charge in [0.1, 0.15) is 11.4 Å². The van der Waals surface area contributed by atoms with E-state index in [2.05, 4.69) is 15.3 Å². The third-order valence-electron chi connectivity index (χ3n) is 5.36. The zero-order valence-electron chi connectivity index (χ0n) is 18.8. The fourth-order valence-corrected chi connectivity index (χ4v) is 3.87. The van der Waals surface area contributed by atoms with E-state index in [-0.39, 0.29) is 12.2 Å². The van der Waals surface area contributed by atoms with E-state index < -0.39 is 35.6 Å². The summed E-state index contributed by atoms with van der Waals surface area (Å²) in [6.45, 7) is 6.16. The molecule has 2 aromatic rings. The van der Waals surface area contributed by atoms with Gasteiger partial charge in [-0.3, -0.25) is 4.98 Å². The Morgan fingerprint density at radius 1 is 1.41 bits per heavy atom. The number of alkyl carbamates (subject to hydrolysis) is 1. The van der Waals surface area contributed by atoms with E-state index in [0.29, 0.717) is 43.0 Å². The SMILES string of the molecule is COc1ccc2ncc(F)c(C(CO)CN3CC[C@@H](O)C(NC(=O)OC(C)(C)C)C3)c2n1. The smallest absolute Gasteiger partial charge is 0.408 e. The Labute approximate surface area is 186 Å². The number of methoxy groups -OCH3 is 1. The molecule has 0 aliphatic carbocycles. The number of rotatable bonds is 6. The first-order valence-corrected chi connectivity index (χ1v) is 10.6. The van der Waals surface area contributed by atoms with Crippen LogP contribution in [0.1, 0.15) is 38.7 Å². The number of nitrogens with one attached hydrogen (secondary N) is 1. The monoisotopic (exact) mass is 450 g/mol. The van der Waals surface area contributed by atoms with Gasteiger partial charge in [-0.25, -0.2) is 14.2 Å². The summed E-state index contributed by atoms with van der Waals surface area (Å²) in [7, 11) is 1.47. The van der Waals surface area contributed by atoms with Crippen molar-refractivity contribution in [3.63, 3.8) is 0 Å². The van der Waals surface area contributed by atoms with Crippen molar-refractivity contribution in [2.75, 3.05) is 33.4 Å². The number of amides is 1. The lowest BCUT2D eigenvalue weighted by Crippen LogP contribution is -2.56. The van der Waals surface area contributed by atoms with Crippen molar-refractivity contribution in [1.29, 1.82) is 0 Å². The molecule has 0 spiro atoms.